The highest BCUT2D eigenvalue weighted by molar-refractivity contribution is 6.02. The first kappa shape index (κ1) is 18.4. The monoisotopic (exact) mass is 356 g/mol. The number of amides is 2. The Kier molecular flexibility index (Phi) is 5.59. The molecule has 26 heavy (non-hydrogen) atoms. The molecule has 2 aromatic heterocycles. The number of rotatable bonds is 5. The first-order valence-electron chi connectivity index (χ1n) is 9.54. The van der Waals surface area contributed by atoms with E-state index in [2.05, 4.69) is 18.8 Å². The van der Waals surface area contributed by atoms with Crippen LogP contribution in [0.25, 0.3) is 5.52 Å². The van der Waals surface area contributed by atoms with Gasteiger partial charge in [-0.15, -0.1) is 0 Å². The van der Waals surface area contributed by atoms with E-state index in [-0.39, 0.29) is 11.8 Å². The van der Waals surface area contributed by atoms with Gasteiger partial charge < -0.3 is 9.80 Å². The highest BCUT2D eigenvalue weighted by Crippen LogP contribution is 2.21. The Morgan fingerprint density at radius 2 is 2.15 bits per heavy atom. The maximum absolute atomic E-state index is 13.1. The standard InChI is InChI=1S/C20H28N4O2/c1-4-5-11-22(3)20(26)18-21-17(16-10-6-7-13-24(16)18)19(25)23-12-8-9-15(2)14-23/h6-7,10,13,15H,4-5,8-9,11-12,14H2,1-3H3. The SMILES string of the molecule is CCCCN(C)C(=O)c1nc(C(=O)N2CCCC(C)C2)c2ccccn12. The molecular weight excluding hydrogens is 328 g/mol. The summed E-state index contributed by atoms with van der Waals surface area (Å²) in [7, 11) is 1.79. The molecule has 3 rings (SSSR count). The van der Waals surface area contributed by atoms with Crippen LogP contribution in [0.5, 0.6) is 0 Å². The zero-order chi connectivity index (χ0) is 18.7. The van der Waals surface area contributed by atoms with Crippen molar-refractivity contribution in [3.8, 4) is 0 Å². The van der Waals surface area contributed by atoms with E-state index < -0.39 is 0 Å². The lowest BCUT2D eigenvalue weighted by atomic mass is 10.00. The van der Waals surface area contributed by atoms with E-state index >= 15 is 0 Å². The fourth-order valence-electron chi connectivity index (χ4n) is 3.54. The van der Waals surface area contributed by atoms with E-state index in [0.29, 0.717) is 29.5 Å². The van der Waals surface area contributed by atoms with E-state index in [1.165, 1.54) is 0 Å². The van der Waals surface area contributed by atoms with Crippen LogP contribution in [0, 0.1) is 5.92 Å². The topological polar surface area (TPSA) is 57.9 Å². The van der Waals surface area contributed by atoms with E-state index in [1.807, 2.05) is 23.1 Å². The molecule has 2 amide bonds. The summed E-state index contributed by atoms with van der Waals surface area (Å²) in [4.78, 5) is 34.0. The summed E-state index contributed by atoms with van der Waals surface area (Å²) in [5.74, 6) is 0.594. The third kappa shape index (κ3) is 3.59. The maximum atomic E-state index is 13.1. The molecule has 3 heterocycles. The van der Waals surface area contributed by atoms with Crippen LogP contribution in [0.1, 0.15) is 60.6 Å². The zero-order valence-electron chi connectivity index (χ0n) is 15.9. The molecule has 0 spiro atoms. The van der Waals surface area contributed by atoms with Gasteiger partial charge in [0.1, 0.15) is 0 Å². The van der Waals surface area contributed by atoms with Crippen molar-refractivity contribution in [1.82, 2.24) is 19.2 Å². The summed E-state index contributed by atoms with van der Waals surface area (Å²) >= 11 is 0. The van der Waals surface area contributed by atoms with Crippen molar-refractivity contribution in [2.24, 2.45) is 5.92 Å². The van der Waals surface area contributed by atoms with Crippen molar-refractivity contribution >= 4 is 17.3 Å². The van der Waals surface area contributed by atoms with E-state index in [1.54, 1.807) is 22.5 Å². The van der Waals surface area contributed by atoms with Gasteiger partial charge in [-0.25, -0.2) is 4.98 Å². The highest BCUT2D eigenvalue weighted by Gasteiger charge is 2.28. The van der Waals surface area contributed by atoms with Crippen molar-refractivity contribution < 1.29 is 9.59 Å². The molecule has 0 N–H and O–H groups in total. The molecule has 1 saturated heterocycles. The van der Waals surface area contributed by atoms with Gasteiger partial charge in [-0.05, 0) is 37.3 Å². The minimum atomic E-state index is -0.147. The van der Waals surface area contributed by atoms with Gasteiger partial charge in [-0.1, -0.05) is 26.3 Å². The summed E-state index contributed by atoms with van der Waals surface area (Å²) in [5, 5.41) is 0. The number of pyridine rings is 1. The molecular formula is C20H28N4O2. The number of likely N-dealkylation sites (tertiary alicyclic amines) is 1. The summed E-state index contributed by atoms with van der Waals surface area (Å²) in [6.45, 7) is 6.46. The average Bonchev–Trinajstić information content (AvgIpc) is 3.04. The first-order chi connectivity index (χ1) is 12.5. The predicted molar refractivity (Wildman–Crippen MR) is 101 cm³/mol. The van der Waals surface area contributed by atoms with Gasteiger partial charge in [0.05, 0.1) is 5.52 Å². The van der Waals surface area contributed by atoms with E-state index in [9.17, 15) is 9.59 Å². The van der Waals surface area contributed by atoms with Crippen LogP contribution in [0.2, 0.25) is 0 Å². The smallest absolute Gasteiger partial charge is 0.289 e. The fourth-order valence-corrected chi connectivity index (χ4v) is 3.54. The number of hydrogen-bond acceptors (Lipinski definition) is 3. The van der Waals surface area contributed by atoms with Crippen LogP contribution < -0.4 is 0 Å². The van der Waals surface area contributed by atoms with Crippen LogP contribution in [0.3, 0.4) is 0 Å². The molecule has 1 aliphatic heterocycles. The molecule has 1 unspecified atom stereocenters. The second-order valence-corrected chi connectivity index (χ2v) is 7.32. The molecule has 0 radical (unpaired) electrons. The van der Waals surface area contributed by atoms with Gasteiger partial charge in [0, 0.05) is 32.9 Å². The van der Waals surface area contributed by atoms with Crippen molar-refractivity contribution in [1.29, 1.82) is 0 Å². The van der Waals surface area contributed by atoms with Gasteiger partial charge in [-0.3, -0.25) is 14.0 Å². The van der Waals surface area contributed by atoms with Crippen LogP contribution in [-0.4, -0.2) is 57.7 Å². The minimum Gasteiger partial charge on any atom is -0.339 e. The Balaban J connectivity index is 1.94. The quantitative estimate of drug-likeness (QED) is 0.827. The van der Waals surface area contributed by atoms with Crippen molar-refractivity contribution in [3.05, 3.63) is 35.9 Å². The van der Waals surface area contributed by atoms with Crippen molar-refractivity contribution in [2.75, 3.05) is 26.7 Å². The van der Waals surface area contributed by atoms with Crippen LogP contribution in [0.15, 0.2) is 24.4 Å². The summed E-state index contributed by atoms with van der Waals surface area (Å²) < 4.78 is 1.74. The van der Waals surface area contributed by atoms with Gasteiger partial charge in [0.2, 0.25) is 5.82 Å². The third-order valence-electron chi connectivity index (χ3n) is 5.08. The molecule has 0 bridgehead atoms. The van der Waals surface area contributed by atoms with Gasteiger partial charge in [-0.2, -0.15) is 0 Å². The normalized spacial score (nSPS) is 17.5. The molecule has 6 nitrogen and oxygen atoms in total. The highest BCUT2D eigenvalue weighted by atomic mass is 16.2. The number of fused-ring (bicyclic) bond motifs is 1. The van der Waals surface area contributed by atoms with Gasteiger partial charge in [0.15, 0.2) is 5.69 Å². The van der Waals surface area contributed by atoms with E-state index in [0.717, 1.165) is 38.8 Å². The molecule has 1 aliphatic rings. The van der Waals surface area contributed by atoms with Crippen LogP contribution in [0.4, 0.5) is 0 Å². The Morgan fingerprint density at radius 1 is 1.35 bits per heavy atom. The van der Waals surface area contributed by atoms with Gasteiger partial charge in [0.25, 0.3) is 11.8 Å². The summed E-state index contributed by atoms with van der Waals surface area (Å²) in [5.41, 5.74) is 1.08. The second-order valence-electron chi connectivity index (χ2n) is 7.32. The fraction of sp³-hybridized carbons (Fsp3) is 0.550. The zero-order valence-corrected chi connectivity index (χ0v) is 15.9. The Morgan fingerprint density at radius 3 is 2.88 bits per heavy atom. The second kappa shape index (κ2) is 7.89. The number of unbranched alkanes of at least 4 members (excludes halogenated alkanes) is 1. The first-order valence-corrected chi connectivity index (χ1v) is 9.54. The number of imidazole rings is 1. The molecule has 1 atom stereocenters. The third-order valence-corrected chi connectivity index (χ3v) is 5.08. The molecule has 0 saturated carbocycles. The number of hydrogen-bond donors (Lipinski definition) is 0. The molecule has 1 fully saturated rings. The number of nitrogens with zero attached hydrogens (tertiary/aromatic N) is 4. The molecule has 2 aromatic rings. The van der Waals surface area contributed by atoms with Crippen molar-refractivity contribution in [3.63, 3.8) is 0 Å². The minimum absolute atomic E-state index is 0.0736. The molecule has 0 aliphatic carbocycles. The lowest BCUT2D eigenvalue weighted by Gasteiger charge is -2.30. The van der Waals surface area contributed by atoms with Crippen LogP contribution >= 0.6 is 0 Å². The Hall–Kier alpha value is -2.37. The number of carbonyl (C=O) groups is 2. The average molecular weight is 356 g/mol. The molecule has 140 valence electrons. The van der Waals surface area contributed by atoms with Gasteiger partial charge >= 0.3 is 0 Å². The Labute approximate surface area is 154 Å². The Bertz CT molecular complexity index is 798. The van der Waals surface area contributed by atoms with Crippen molar-refractivity contribution in [2.45, 2.75) is 39.5 Å². The largest absolute Gasteiger partial charge is 0.339 e. The molecule has 6 heteroatoms. The lowest BCUT2D eigenvalue weighted by molar-refractivity contribution is 0.0679. The lowest BCUT2D eigenvalue weighted by Crippen LogP contribution is -2.39. The maximum Gasteiger partial charge on any atom is 0.289 e. The molecule has 0 aromatic carbocycles. The number of aromatic nitrogens is 2. The summed E-state index contributed by atoms with van der Waals surface area (Å²) in [6.07, 6.45) is 5.95. The predicted octanol–water partition coefficient (Wildman–Crippen LogP) is 3.08. The number of piperidine rings is 1. The summed E-state index contributed by atoms with van der Waals surface area (Å²) in [6, 6.07) is 5.59. The van der Waals surface area contributed by atoms with E-state index in [4.69, 9.17) is 0 Å². The number of carbonyl (C=O) groups excluding carboxylic acids is 2. The van der Waals surface area contributed by atoms with Crippen LogP contribution in [-0.2, 0) is 0 Å².